The molecule has 2 aromatic rings. The third-order valence-electron chi connectivity index (χ3n) is 6.80. The summed E-state index contributed by atoms with van der Waals surface area (Å²) in [6.45, 7) is 1.94. The highest BCUT2D eigenvalue weighted by Crippen LogP contribution is 2.45. The van der Waals surface area contributed by atoms with Crippen molar-refractivity contribution in [2.75, 3.05) is 5.32 Å². The molecule has 2 N–H and O–H groups in total. The summed E-state index contributed by atoms with van der Waals surface area (Å²) in [4.78, 5) is 37.2. The molecule has 0 aromatic heterocycles. The molecule has 4 rings (SSSR count). The Morgan fingerprint density at radius 1 is 1.00 bits per heavy atom. The second-order valence-electron chi connectivity index (χ2n) is 8.29. The van der Waals surface area contributed by atoms with E-state index in [0.717, 1.165) is 30.4 Å². The highest BCUT2D eigenvalue weighted by atomic mass is 19.1. The molecule has 1 atom stereocenters. The fraction of sp³-hybridized carbons (Fsp3) is 0.375. The molecular weight excluding hydrogens is 383 g/mol. The summed E-state index contributed by atoms with van der Waals surface area (Å²) in [5, 5.41) is 5.44. The van der Waals surface area contributed by atoms with Crippen LogP contribution in [0.5, 0.6) is 0 Å². The first-order valence-corrected chi connectivity index (χ1v) is 10.4. The van der Waals surface area contributed by atoms with E-state index < -0.39 is 10.8 Å². The van der Waals surface area contributed by atoms with Crippen LogP contribution in [-0.2, 0) is 25.2 Å². The lowest BCUT2D eigenvalue weighted by Gasteiger charge is -2.40. The molecule has 0 bridgehead atoms. The Morgan fingerprint density at radius 3 is 2.17 bits per heavy atom. The second-order valence-corrected chi connectivity index (χ2v) is 8.29. The minimum Gasteiger partial charge on any atom is -0.325 e. The average Bonchev–Trinajstić information content (AvgIpc) is 2.70. The fourth-order valence-electron chi connectivity index (χ4n) is 4.64. The number of carbonyl (C=O) groups is 3. The molecule has 1 saturated heterocycles. The molecule has 2 fully saturated rings. The maximum absolute atomic E-state index is 13.3. The predicted octanol–water partition coefficient (Wildman–Crippen LogP) is 3.97. The van der Waals surface area contributed by atoms with Gasteiger partial charge < -0.3 is 5.32 Å². The van der Waals surface area contributed by atoms with Gasteiger partial charge in [0.25, 0.3) is 0 Å². The van der Waals surface area contributed by atoms with Gasteiger partial charge in [-0.3, -0.25) is 19.7 Å². The number of hydrogen-bond acceptors (Lipinski definition) is 3. The van der Waals surface area contributed by atoms with Crippen LogP contribution >= 0.6 is 0 Å². The van der Waals surface area contributed by atoms with Gasteiger partial charge in [0.15, 0.2) is 0 Å². The first-order chi connectivity index (χ1) is 14.4. The molecular formula is C24H25FN2O3. The van der Waals surface area contributed by atoms with Gasteiger partial charge >= 0.3 is 0 Å². The van der Waals surface area contributed by atoms with E-state index in [9.17, 15) is 18.8 Å². The molecule has 2 aliphatic rings. The maximum atomic E-state index is 13.3. The van der Waals surface area contributed by atoms with Crippen LogP contribution in [0.15, 0.2) is 48.5 Å². The van der Waals surface area contributed by atoms with Crippen LogP contribution in [0.4, 0.5) is 10.1 Å². The summed E-state index contributed by atoms with van der Waals surface area (Å²) < 4.78 is 13.3. The monoisotopic (exact) mass is 408 g/mol. The van der Waals surface area contributed by atoms with Crippen molar-refractivity contribution in [1.29, 1.82) is 0 Å². The molecule has 156 valence electrons. The smallest absolute Gasteiger partial charge is 0.237 e. The molecule has 3 amide bonds. The molecule has 0 radical (unpaired) electrons. The van der Waals surface area contributed by atoms with Crippen molar-refractivity contribution in [3.8, 4) is 0 Å². The zero-order chi connectivity index (χ0) is 21.4. The minimum absolute atomic E-state index is 0.0979. The number of benzene rings is 2. The third-order valence-corrected chi connectivity index (χ3v) is 6.80. The molecule has 1 aliphatic heterocycles. The summed E-state index contributed by atoms with van der Waals surface area (Å²) in [6, 6.07) is 13.4. The van der Waals surface area contributed by atoms with Gasteiger partial charge in [0.1, 0.15) is 5.82 Å². The highest BCUT2D eigenvalue weighted by Gasteiger charge is 2.46. The molecule has 5 nitrogen and oxygen atoms in total. The van der Waals surface area contributed by atoms with Crippen LogP contribution in [0.1, 0.15) is 56.6 Å². The summed E-state index contributed by atoms with van der Waals surface area (Å²) in [5.41, 5.74) is 0.971. The molecule has 6 heteroatoms. The van der Waals surface area contributed by atoms with Crippen LogP contribution in [-0.4, -0.2) is 17.7 Å². The lowest BCUT2D eigenvalue weighted by molar-refractivity contribution is -0.138. The van der Waals surface area contributed by atoms with Gasteiger partial charge in [0.2, 0.25) is 17.7 Å². The van der Waals surface area contributed by atoms with Crippen LogP contribution in [0, 0.1) is 5.82 Å². The number of amides is 3. The van der Waals surface area contributed by atoms with E-state index in [1.807, 2.05) is 19.1 Å². The normalized spacial score (nSPS) is 22.7. The van der Waals surface area contributed by atoms with E-state index in [4.69, 9.17) is 0 Å². The number of imide groups is 1. The lowest BCUT2D eigenvalue weighted by atomic mass is 9.63. The van der Waals surface area contributed by atoms with Crippen molar-refractivity contribution in [2.45, 2.75) is 56.3 Å². The summed E-state index contributed by atoms with van der Waals surface area (Å²) in [6.07, 6.45) is 3.80. The summed E-state index contributed by atoms with van der Waals surface area (Å²) in [5.74, 6) is -0.913. The van der Waals surface area contributed by atoms with Crippen LogP contribution in [0.2, 0.25) is 0 Å². The third kappa shape index (κ3) is 3.30. The Bertz CT molecular complexity index is 981. The van der Waals surface area contributed by atoms with E-state index in [0.29, 0.717) is 24.9 Å². The quantitative estimate of drug-likeness (QED) is 0.735. The molecule has 2 aromatic carbocycles. The molecule has 0 spiro atoms. The number of halogens is 1. The van der Waals surface area contributed by atoms with Gasteiger partial charge in [-0.15, -0.1) is 0 Å². The molecule has 1 saturated carbocycles. The Labute approximate surface area is 175 Å². The Kier molecular flexibility index (Phi) is 5.18. The molecule has 1 aliphatic carbocycles. The second kappa shape index (κ2) is 7.67. The SMILES string of the molecule is CCC1(c2ccc(NC(=O)C3(c4ccc(F)cc4)CCC3)cc2)CCC(=O)NC1=O. The number of rotatable bonds is 5. The van der Waals surface area contributed by atoms with Gasteiger partial charge in [-0.2, -0.15) is 0 Å². The summed E-state index contributed by atoms with van der Waals surface area (Å²) in [7, 11) is 0. The van der Waals surface area contributed by atoms with E-state index >= 15 is 0 Å². The van der Waals surface area contributed by atoms with Gasteiger partial charge in [-0.05, 0) is 61.1 Å². The Balaban J connectivity index is 1.53. The van der Waals surface area contributed by atoms with E-state index in [1.54, 1.807) is 24.3 Å². The van der Waals surface area contributed by atoms with Crippen molar-refractivity contribution in [3.63, 3.8) is 0 Å². The number of nitrogens with one attached hydrogen (secondary N) is 2. The van der Waals surface area contributed by atoms with E-state index in [2.05, 4.69) is 10.6 Å². The van der Waals surface area contributed by atoms with Gasteiger partial charge in [-0.1, -0.05) is 37.6 Å². The van der Waals surface area contributed by atoms with Crippen LogP contribution in [0.3, 0.4) is 0 Å². The molecule has 1 unspecified atom stereocenters. The largest absolute Gasteiger partial charge is 0.325 e. The number of anilines is 1. The van der Waals surface area contributed by atoms with Crippen molar-refractivity contribution in [2.24, 2.45) is 0 Å². The fourth-order valence-corrected chi connectivity index (χ4v) is 4.64. The standard InChI is InChI=1S/C24H25FN2O3/c1-2-23(15-12-20(28)27-21(23)29)16-6-10-19(11-7-16)26-22(30)24(13-3-14-24)17-4-8-18(25)9-5-17/h4-11H,2-3,12-15H2,1H3,(H,26,30)(H,27,28,29). The molecule has 30 heavy (non-hydrogen) atoms. The summed E-state index contributed by atoms with van der Waals surface area (Å²) >= 11 is 0. The van der Waals surface area contributed by atoms with Crippen molar-refractivity contribution in [1.82, 2.24) is 5.32 Å². The van der Waals surface area contributed by atoms with Crippen LogP contribution < -0.4 is 10.6 Å². The number of hydrogen-bond donors (Lipinski definition) is 2. The highest BCUT2D eigenvalue weighted by molar-refractivity contribution is 6.03. The average molecular weight is 408 g/mol. The molecule has 1 heterocycles. The van der Waals surface area contributed by atoms with Crippen molar-refractivity contribution < 1.29 is 18.8 Å². The van der Waals surface area contributed by atoms with Gasteiger partial charge in [0.05, 0.1) is 10.8 Å². The maximum Gasteiger partial charge on any atom is 0.237 e. The van der Waals surface area contributed by atoms with Crippen LogP contribution in [0.25, 0.3) is 0 Å². The zero-order valence-corrected chi connectivity index (χ0v) is 17.0. The first-order valence-electron chi connectivity index (χ1n) is 10.4. The van der Waals surface area contributed by atoms with Crippen molar-refractivity contribution >= 4 is 23.4 Å². The van der Waals surface area contributed by atoms with Gasteiger partial charge in [-0.25, -0.2) is 4.39 Å². The Hall–Kier alpha value is -3.02. The lowest BCUT2D eigenvalue weighted by Crippen LogP contribution is -2.51. The first kappa shape index (κ1) is 20.3. The topological polar surface area (TPSA) is 75.3 Å². The van der Waals surface area contributed by atoms with Crippen molar-refractivity contribution in [3.05, 3.63) is 65.5 Å². The van der Waals surface area contributed by atoms with Gasteiger partial charge in [0, 0.05) is 12.1 Å². The predicted molar refractivity (Wildman–Crippen MR) is 111 cm³/mol. The minimum atomic E-state index is -0.722. The number of piperidine rings is 1. The van der Waals surface area contributed by atoms with E-state index in [-0.39, 0.29) is 23.5 Å². The Morgan fingerprint density at radius 2 is 1.63 bits per heavy atom. The zero-order valence-electron chi connectivity index (χ0n) is 17.0. The number of carbonyl (C=O) groups excluding carboxylic acids is 3. The van der Waals surface area contributed by atoms with E-state index in [1.165, 1.54) is 12.1 Å².